The molecule has 0 aromatic carbocycles. The van der Waals surface area contributed by atoms with Crippen molar-refractivity contribution < 1.29 is 14.7 Å². The highest BCUT2D eigenvalue weighted by atomic mass is 16.3. The second-order valence-electron chi connectivity index (χ2n) is 9.08. The molecule has 1 atom stereocenters. The Morgan fingerprint density at radius 1 is 1.07 bits per heavy atom. The minimum absolute atomic E-state index is 0.120. The lowest BCUT2D eigenvalue weighted by Gasteiger charge is -2.42. The Bertz CT molecular complexity index is 527. The maximum absolute atomic E-state index is 13.0. The summed E-state index contributed by atoms with van der Waals surface area (Å²) >= 11 is 0. The van der Waals surface area contributed by atoms with Crippen LogP contribution in [0.3, 0.4) is 0 Å². The number of primary amides is 1. The number of amides is 2. The van der Waals surface area contributed by atoms with E-state index in [1.54, 1.807) is 0 Å². The van der Waals surface area contributed by atoms with Crippen molar-refractivity contribution in [1.82, 2.24) is 10.2 Å². The van der Waals surface area contributed by atoms with Crippen LogP contribution >= 0.6 is 0 Å². The number of rotatable bonds is 7. The molecule has 3 aliphatic rings. The number of nitrogens with two attached hydrogens (primary N) is 1. The summed E-state index contributed by atoms with van der Waals surface area (Å²) in [7, 11) is 0. The molecule has 3 rings (SSSR count). The fraction of sp³-hybridized carbons (Fsp3) is 0.905. The van der Waals surface area contributed by atoms with Gasteiger partial charge >= 0.3 is 0 Å². The molecular weight excluding hydrogens is 342 g/mol. The topological polar surface area (TPSA) is 95.7 Å². The maximum Gasteiger partial charge on any atom is 0.255 e. The van der Waals surface area contributed by atoms with Crippen molar-refractivity contribution in [3.8, 4) is 0 Å². The second kappa shape index (κ2) is 8.91. The number of carbonyl (C=O) groups excluding carboxylic acids is 2. The zero-order chi connectivity index (χ0) is 19.3. The zero-order valence-corrected chi connectivity index (χ0v) is 16.7. The van der Waals surface area contributed by atoms with Crippen molar-refractivity contribution in [3.05, 3.63) is 0 Å². The molecule has 6 heteroatoms. The van der Waals surface area contributed by atoms with Gasteiger partial charge < -0.3 is 15.7 Å². The van der Waals surface area contributed by atoms with E-state index in [9.17, 15) is 14.7 Å². The molecule has 2 amide bonds. The number of hydrogen-bond acceptors (Lipinski definition) is 4. The average Bonchev–Trinajstić information content (AvgIpc) is 2.69. The van der Waals surface area contributed by atoms with Crippen molar-refractivity contribution in [2.45, 2.75) is 94.6 Å². The molecule has 27 heavy (non-hydrogen) atoms. The first-order valence-corrected chi connectivity index (χ1v) is 11.0. The molecule has 1 aliphatic heterocycles. The van der Waals surface area contributed by atoms with E-state index in [1.165, 1.54) is 32.1 Å². The van der Waals surface area contributed by atoms with Crippen molar-refractivity contribution in [3.63, 3.8) is 0 Å². The summed E-state index contributed by atoms with van der Waals surface area (Å²) in [5.74, 6) is 0.191. The van der Waals surface area contributed by atoms with Gasteiger partial charge in [-0.25, -0.2) is 0 Å². The predicted octanol–water partition coefficient (Wildman–Crippen LogP) is 2.09. The van der Waals surface area contributed by atoms with Gasteiger partial charge in [-0.3, -0.25) is 14.9 Å². The average molecular weight is 380 g/mol. The Labute approximate surface area is 163 Å². The highest BCUT2D eigenvalue weighted by Gasteiger charge is 2.45. The number of nitrogens with zero attached hydrogens (tertiary/aromatic N) is 1. The summed E-state index contributed by atoms with van der Waals surface area (Å²) in [6.45, 7) is 1.59. The third-order valence-electron chi connectivity index (χ3n) is 7.13. The van der Waals surface area contributed by atoms with Crippen LogP contribution in [0.1, 0.15) is 83.5 Å². The summed E-state index contributed by atoms with van der Waals surface area (Å²) in [6, 6.07) is 0. The number of piperidine rings is 1. The highest BCUT2D eigenvalue weighted by molar-refractivity contribution is 5.87. The third-order valence-corrected chi connectivity index (χ3v) is 7.13. The van der Waals surface area contributed by atoms with Gasteiger partial charge in [0.2, 0.25) is 5.91 Å². The molecule has 0 aromatic heterocycles. The molecule has 1 heterocycles. The molecule has 2 aliphatic carbocycles. The summed E-state index contributed by atoms with van der Waals surface area (Å²) in [5.41, 5.74) is 3.50. The summed E-state index contributed by atoms with van der Waals surface area (Å²) in [6.07, 6.45) is 13.2. The Hall–Kier alpha value is -1.14. The Kier molecular flexibility index (Phi) is 6.79. The smallest absolute Gasteiger partial charge is 0.255 e. The van der Waals surface area contributed by atoms with Crippen molar-refractivity contribution in [2.75, 3.05) is 19.6 Å². The fourth-order valence-electron chi connectivity index (χ4n) is 5.24. The Balaban J connectivity index is 1.56. The molecule has 0 aromatic rings. The summed E-state index contributed by atoms with van der Waals surface area (Å²) in [5, 5.41) is 14.3. The van der Waals surface area contributed by atoms with Gasteiger partial charge in [-0.2, -0.15) is 0 Å². The lowest BCUT2D eigenvalue weighted by atomic mass is 9.80. The van der Waals surface area contributed by atoms with E-state index in [4.69, 9.17) is 5.73 Å². The van der Waals surface area contributed by atoms with Crippen LogP contribution in [-0.2, 0) is 9.59 Å². The van der Waals surface area contributed by atoms with E-state index >= 15 is 0 Å². The number of nitrogens with one attached hydrogen (secondary N) is 1. The number of hydrogen-bond donors (Lipinski definition) is 3. The molecule has 4 N–H and O–H groups in total. The van der Waals surface area contributed by atoms with Gasteiger partial charge in [-0.15, -0.1) is 0 Å². The monoisotopic (exact) mass is 379 g/mol. The molecule has 154 valence electrons. The first-order chi connectivity index (χ1) is 13.0. The quantitative estimate of drug-likeness (QED) is 0.631. The van der Waals surface area contributed by atoms with E-state index in [0.717, 1.165) is 51.1 Å². The number of β-amino-alcohol motifs (C(OH)–C–C–N with tert-alkyl or cyclic N) is 1. The van der Waals surface area contributed by atoms with Crippen molar-refractivity contribution >= 4 is 11.8 Å². The molecule has 3 fully saturated rings. The van der Waals surface area contributed by atoms with Gasteiger partial charge in [0, 0.05) is 19.6 Å². The number of likely N-dealkylation sites (tertiary alicyclic amines) is 1. The molecule has 0 bridgehead atoms. The molecule has 1 saturated heterocycles. The minimum Gasteiger partial charge on any atom is -0.379 e. The van der Waals surface area contributed by atoms with E-state index in [-0.39, 0.29) is 18.4 Å². The van der Waals surface area contributed by atoms with Gasteiger partial charge in [0.1, 0.15) is 0 Å². The van der Waals surface area contributed by atoms with Gasteiger partial charge in [-0.1, -0.05) is 51.4 Å². The third kappa shape index (κ3) is 4.83. The first kappa shape index (κ1) is 20.6. The lowest BCUT2D eigenvalue weighted by Crippen LogP contribution is -2.64. The van der Waals surface area contributed by atoms with Crippen LogP contribution in [0.4, 0.5) is 0 Å². The zero-order valence-electron chi connectivity index (χ0n) is 16.7. The molecule has 0 radical (unpaired) electrons. The number of carbonyl (C=O) groups is 2. The molecule has 2 saturated carbocycles. The van der Waals surface area contributed by atoms with Crippen molar-refractivity contribution in [1.29, 1.82) is 0 Å². The van der Waals surface area contributed by atoms with Crippen LogP contribution in [-0.4, -0.2) is 52.6 Å². The van der Waals surface area contributed by atoms with E-state index < -0.39 is 11.1 Å². The van der Waals surface area contributed by atoms with Gasteiger partial charge in [0.25, 0.3) is 5.91 Å². The van der Waals surface area contributed by atoms with Gasteiger partial charge in [-0.05, 0) is 38.0 Å². The largest absolute Gasteiger partial charge is 0.379 e. The van der Waals surface area contributed by atoms with Crippen LogP contribution in [0.5, 0.6) is 0 Å². The van der Waals surface area contributed by atoms with E-state index in [0.29, 0.717) is 19.3 Å². The van der Waals surface area contributed by atoms with E-state index in [1.807, 2.05) is 4.90 Å². The minimum atomic E-state index is -1.41. The van der Waals surface area contributed by atoms with Crippen LogP contribution in [0.15, 0.2) is 0 Å². The highest BCUT2D eigenvalue weighted by Crippen LogP contribution is 2.31. The van der Waals surface area contributed by atoms with Crippen LogP contribution in [0.25, 0.3) is 0 Å². The van der Waals surface area contributed by atoms with Gasteiger partial charge in [0.05, 0.1) is 5.54 Å². The number of aliphatic hydroxyl groups is 1. The van der Waals surface area contributed by atoms with Crippen LogP contribution in [0.2, 0.25) is 0 Å². The fourth-order valence-corrected chi connectivity index (χ4v) is 5.24. The Morgan fingerprint density at radius 2 is 1.74 bits per heavy atom. The molecular formula is C21H37N3O3. The van der Waals surface area contributed by atoms with Crippen LogP contribution < -0.4 is 11.1 Å². The second-order valence-corrected chi connectivity index (χ2v) is 9.08. The standard InChI is InChI=1S/C21H37N3O3/c22-18(25)20(11-5-2-6-12-20)23-16-21(27)13-7-14-24(19(21)26)15-10-17-8-3-1-4-9-17/h17,23,27H,1-16H2,(H2,22,25)/t21-/m1/s1. The predicted molar refractivity (Wildman–Crippen MR) is 105 cm³/mol. The summed E-state index contributed by atoms with van der Waals surface area (Å²) in [4.78, 5) is 26.9. The van der Waals surface area contributed by atoms with Crippen molar-refractivity contribution in [2.24, 2.45) is 11.7 Å². The van der Waals surface area contributed by atoms with E-state index in [2.05, 4.69) is 5.32 Å². The Morgan fingerprint density at radius 3 is 2.41 bits per heavy atom. The molecule has 0 spiro atoms. The normalized spacial score (nSPS) is 29.7. The molecule has 0 unspecified atom stereocenters. The lowest BCUT2D eigenvalue weighted by molar-refractivity contribution is -0.157. The van der Waals surface area contributed by atoms with Crippen LogP contribution in [0, 0.1) is 5.92 Å². The molecule has 6 nitrogen and oxygen atoms in total. The first-order valence-electron chi connectivity index (χ1n) is 11.0. The van der Waals surface area contributed by atoms with Gasteiger partial charge in [0.15, 0.2) is 5.60 Å². The SMILES string of the molecule is NC(=O)C1(NC[C@]2(O)CCCN(CCC3CCCCC3)C2=O)CCCCC1. The summed E-state index contributed by atoms with van der Waals surface area (Å²) < 4.78 is 0. The maximum atomic E-state index is 13.0.